The van der Waals surface area contributed by atoms with Crippen LogP contribution in [0.1, 0.15) is 33.1 Å². The Morgan fingerprint density at radius 3 is 2.75 bits per heavy atom. The molecule has 0 aliphatic carbocycles. The van der Waals surface area contributed by atoms with Gasteiger partial charge in [0.25, 0.3) is 0 Å². The van der Waals surface area contributed by atoms with Gasteiger partial charge < -0.3 is 15.5 Å². The monoisotopic (exact) mass is 276 g/mol. The van der Waals surface area contributed by atoms with Gasteiger partial charge in [-0.25, -0.2) is 4.98 Å². The number of aromatic nitrogens is 1. The van der Waals surface area contributed by atoms with Crippen LogP contribution < -0.4 is 15.5 Å². The standard InChI is InChI=1S/C15H24N4O/c1-3-19(4-2)14-9-8-12(11-17-14)18-15(20)13-7-5-6-10-16-13/h8-9,11,13,16H,3-7,10H2,1-2H3,(H,18,20). The molecule has 1 unspecified atom stereocenters. The zero-order valence-electron chi connectivity index (χ0n) is 12.4. The molecular formula is C15H24N4O. The van der Waals surface area contributed by atoms with Crippen LogP contribution in [0.4, 0.5) is 11.5 Å². The van der Waals surface area contributed by atoms with Crippen LogP contribution in [0.3, 0.4) is 0 Å². The van der Waals surface area contributed by atoms with E-state index < -0.39 is 0 Å². The molecule has 1 aliphatic rings. The third-order valence-corrected chi connectivity index (χ3v) is 3.73. The van der Waals surface area contributed by atoms with Crippen molar-refractivity contribution in [2.24, 2.45) is 0 Å². The lowest BCUT2D eigenvalue weighted by Gasteiger charge is -2.23. The summed E-state index contributed by atoms with van der Waals surface area (Å²) in [5.41, 5.74) is 0.762. The van der Waals surface area contributed by atoms with Crippen LogP contribution in [-0.2, 0) is 4.79 Å². The number of amides is 1. The highest BCUT2D eigenvalue weighted by Crippen LogP contribution is 2.15. The van der Waals surface area contributed by atoms with E-state index in [2.05, 4.69) is 34.4 Å². The molecule has 1 fully saturated rings. The lowest BCUT2D eigenvalue weighted by molar-refractivity contribution is -0.118. The first-order valence-electron chi connectivity index (χ1n) is 7.49. The summed E-state index contributed by atoms with van der Waals surface area (Å²) < 4.78 is 0. The zero-order chi connectivity index (χ0) is 14.4. The second-order valence-corrected chi connectivity index (χ2v) is 5.07. The number of hydrogen-bond acceptors (Lipinski definition) is 4. The van der Waals surface area contributed by atoms with E-state index in [9.17, 15) is 4.79 Å². The predicted octanol–water partition coefficient (Wildman–Crippen LogP) is 2.01. The van der Waals surface area contributed by atoms with Crippen molar-refractivity contribution in [3.63, 3.8) is 0 Å². The van der Waals surface area contributed by atoms with Gasteiger partial charge >= 0.3 is 0 Å². The van der Waals surface area contributed by atoms with Gasteiger partial charge in [-0.3, -0.25) is 4.79 Å². The smallest absolute Gasteiger partial charge is 0.241 e. The van der Waals surface area contributed by atoms with E-state index in [1.165, 1.54) is 0 Å². The maximum atomic E-state index is 12.1. The molecule has 2 rings (SSSR count). The Kier molecular flexibility index (Phi) is 5.35. The third kappa shape index (κ3) is 3.70. The number of piperidine rings is 1. The van der Waals surface area contributed by atoms with Crippen LogP contribution >= 0.6 is 0 Å². The minimum atomic E-state index is -0.0637. The van der Waals surface area contributed by atoms with Gasteiger partial charge in [-0.15, -0.1) is 0 Å². The number of rotatable bonds is 5. The van der Waals surface area contributed by atoms with Crippen molar-refractivity contribution in [1.29, 1.82) is 0 Å². The Balaban J connectivity index is 1.94. The zero-order valence-corrected chi connectivity index (χ0v) is 12.4. The summed E-state index contributed by atoms with van der Waals surface area (Å²) in [5.74, 6) is 0.992. The average Bonchev–Trinajstić information content (AvgIpc) is 2.51. The molecule has 1 aliphatic heterocycles. The lowest BCUT2D eigenvalue weighted by Crippen LogP contribution is -2.43. The molecule has 0 saturated carbocycles. The van der Waals surface area contributed by atoms with Gasteiger partial charge in [0, 0.05) is 13.1 Å². The summed E-state index contributed by atoms with van der Waals surface area (Å²) in [5, 5.41) is 6.18. The summed E-state index contributed by atoms with van der Waals surface area (Å²) >= 11 is 0. The summed E-state index contributed by atoms with van der Waals surface area (Å²) in [6.45, 7) is 7.00. The molecule has 1 aromatic heterocycles. The van der Waals surface area contributed by atoms with Gasteiger partial charge in [0.15, 0.2) is 0 Å². The minimum Gasteiger partial charge on any atom is -0.357 e. The van der Waals surface area contributed by atoms with Gasteiger partial charge in [-0.05, 0) is 45.4 Å². The Bertz CT molecular complexity index is 422. The number of anilines is 2. The maximum absolute atomic E-state index is 12.1. The first-order chi connectivity index (χ1) is 9.74. The Morgan fingerprint density at radius 2 is 2.20 bits per heavy atom. The number of nitrogens with zero attached hydrogens (tertiary/aromatic N) is 2. The number of carbonyl (C=O) groups is 1. The number of carbonyl (C=O) groups excluding carboxylic acids is 1. The minimum absolute atomic E-state index is 0.0436. The van der Waals surface area contributed by atoms with Crippen molar-refractivity contribution in [1.82, 2.24) is 10.3 Å². The molecule has 0 radical (unpaired) electrons. The fourth-order valence-electron chi connectivity index (χ4n) is 2.50. The first kappa shape index (κ1) is 14.8. The third-order valence-electron chi connectivity index (χ3n) is 3.73. The first-order valence-corrected chi connectivity index (χ1v) is 7.49. The highest BCUT2D eigenvalue weighted by atomic mass is 16.2. The molecular weight excluding hydrogens is 252 g/mol. The molecule has 110 valence electrons. The molecule has 5 heteroatoms. The van der Waals surface area contributed by atoms with E-state index in [1.807, 2.05) is 12.1 Å². The molecule has 0 bridgehead atoms. The summed E-state index contributed by atoms with van der Waals surface area (Å²) in [6.07, 6.45) is 4.92. The molecule has 0 spiro atoms. The van der Waals surface area contributed by atoms with Crippen LogP contribution in [0, 0.1) is 0 Å². The van der Waals surface area contributed by atoms with Gasteiger partial charge in [0.1, 0.15) is 5.82 Å². The molecule has 1 atom stereocenters. The van der Waals surface area contributed by atoms with Crippen LogP contribution in [-0.4, -0.2) is 36.6 Å². The van der Waals surface area contributed by atoms with Gasteiger partial charge in [0.05, 0.1) is 17.9 Å². The largest absolute Gasteiger partial charge is 0.357 e. The Morgan fingerprint density at radius 1 is 1.40 bits per heavy atom. The Hall–Kier alpha value is -1.62. The molecule has 1 saturated heterocycles. The number of nitrogens with one attached hydrogen (secondary N) is 2. The Labute approximate surface area is 120 Å². The summed E-state index contributed by atoms with van der Waals surface area (Å²) in [6, 6.07) is 3.81. The van der Waals surface area contributed by atoms with Crippen molar-refractivity contribution in [3.05, 3.63) is 18.3 Å². The van der Waals surface area contributed by atoms with Crippen LogP contribution in [0.5, 0.6) is 0 Å². The topological polar surface area (TPSA) is 57.3 Å². The average molecular weight is 276 g/mol. The quantitative estimate of drug-likeness (QED) is 0.864. The number of hydrogen-bond donors (Lipinski definition) is 2. The van der Waals surface area contributed by atoms with Crippen LogP contribution in [0.25, 0.3) is 0 Å². The van der Waals surface area contributed by atoms with E-state index in [4.69, 9.17) is 0 Å². The van der Waals surface area contributed by atoms with Gasteiger partial charge in [0.2, 0.25) is 5.91 Å². The van der Waals surface area contributed by atoms with Crippen molar-refractivity contribution in [2.45, 2.75) is 39.2 Å². The molecule has 1 amide bonds. The summed E-state index contributed by atoms with van der Waals surface area (Å²) in [4.78, 5) is 18.7. The van der Waals surface area contributed by atoms with E-state index in [0.29, 0.717) is 0 Å². The van der Waals surface area contributed by atoms with E-state index in [-0.39, 0.29) is 11.9 Å². The molecule has 5 nitrogen and oxygen atoms in total. The molecule has 20 heavy (non-hydrogen) atoms. The highest BCUT2D eigenvalue weighted by molar-refractivity contribution is 5.94. The molecule has 2 heterocycles. The molecule has 1 aromatic rings. The molecule has 2 N–H and O–H groups in total. The van der Waals surface area contributed by atoms with Gasteiger partial charge in [-0.1, -0.05) is 6.42 Å². The van der Waals surface area contributed by atoms with Crippen molar-refractivity contribution < 1.29 is 4.79 Å². The second-order valence-electron chi connectivity index (χ2n) is 5.07. The van der Waals surface area contributed by atoms with E-state index in [0.717, 1.165) is 50.4 Å². The van der Waals surface area contributed by atoms with E-state index in [1.54, 1.807) is 6.20 Å². The predicted molar refractivity (Wildman–Crippen MR) is 82.1 cm³/mol. The van der Waals surface area contributed by atoms with Crippen LogP contribution in [0.2, 0.25) is 0 Å². The molecule has 0 aromatic carbocycles. The maximum Gasteiger partial charge on any atom is 0.241 e. The highest BCUT2D eigenvalue weighted by Gasteiger charge is 2.20. The second kappa shape index (κ2) is 7.24. The number of pyridine rings is 1. The van der Waals surface area contributed by atoms with E-state index >= 15 is 0 Å². The van der Waals surface area contributed by atoms with Crippen molar-refractivity contribution >= 4 is 17.4 Å². The van der Waals surface area contributed by atoms with Gasteiger partial charge in [-0.2, -0.15) is 0 Å². The fourth-order valence-corrected chi connectivity index (χ4v) is 2.50. The normalized spacial score (nSPS) is 18.6. The fraction of sp³-hybridized carbons (Fsp3) is 0.600. The van der Waals surface area contributed by atoms with Crippen LogP contribution in [0.15, 0.2) is 18.3 Å². The van der Waals surface area contributed by atoms with Crippen molar-refractivity contribution in [3.8, 4) is 0 Å². The van der Waals surface area contributed by atoms with Crippen molar-refractivity contribution in [2.75, 3.05) is 29.9 Å². The SMILES string of the molecule is CCN(CC)c1ccc(NC(=O)C2CCCCN2)cn1. The lowest BCUT2D eigenvalue weighted by atomic mass is 10.0. The summed E-state index contributed by atoms with van der Waals surface area (Å²) in [7, 11) is 0.